The fraction of sp³-hybridized carbons (Fsp3) is 0.333. The number of hydrogen-bond acceptors (Lipinski definition) is 6. The first-order valence-electron chi connectivity index (χ1n) is 8.76. The lowest BCUT2D eigenvalue weighted by molar-refractivity contribution is -0.150. The van der Waals surface area contributed by atoms with Crippen LogP contribution in [0.4, 0.5) is 0 Å². The molecule has 150 valence electrons. The second-order valence-corrected chi connectivity index (χ2v) is 6.18. The lowest BCUT2D eigenvalue weighted by Crippen LogP contribution is -2.29. The number of amides is 1. The Hall–Kier alpha value is -3.22. The predicted molar refractivity (Wildman–Crippen MR) is 104 cm³/mol. The zero-order chi connectivity index (χ0) is 20.5. The zero-order valence-corrected chi connectivity index (χ0v) is 16.5. The summed E-state index contributed by atoms with van der Waals surface area (Å²) in [6, 6.07) is 11.0. The van der Waals surface area contributed by atoms with Crippen LogP contribution in [0.15, 0.2) is 36.4 Å². The lowest BCUT2D eigenvalue weighted by Gasteiger charge is -2.11. The highest BCUT2D eigenvalue weighted by molar-refractivity contribution is 5.80. The SMILES string of the molecule is COc1ccc(CNC(=O)COC(=O)COc2ccc(C)cc2C)cc1OC. The normalized spacial score (nSPS) is 10.1. The van der Waals surface area contributed by atoms with E-state index in [0.717, 1.165) is 16.7 Å². The van der Waals surface area contributed by atoms with Gasteiger partial charge in [-0.25, -0.2) is 4.79 Å². The van der Waals surface area contributed by atoms with Gasteiger partial charge < -0.3 is 24.3 Å². The largest absolute Gasteiger partial charge is 0.493 e. The molecule has 0 radical (unpaired) electrons. The van der Waals surface area contributed by atoms with Gasteiger partial charge in [0.2, 0.25) is 0 Å². The molecule has 0 saturated heterocycles. The Labute approximate surface area is 164 Å². The average molecular weight is 387 g/mol. The Morgan fingerprint density at radius 2 is 1.61 bits per heavy atom. The van der Waals surface area contributed by atoms with Crippen LogP contribution >= 0.6 is 0 Å². The third-order valence-electron chi connectivity index (χ3n) is 3.98. The van der Waals surface area contributed by atoms with E-state index in [9.17, 15) is 9.59 Å². The number of benzene rings is 2. The van der Waals surface area contributed by atoms with Crippen molar-refractivity contribution in [3.63, 3.8) is 0 Å². The van der Waals surface area contributed by atoms with Crippen molar-refractivity contribution < 1.29 is 28.5 Å². The number of hydrogen-bond donors (Lipinski definition) is 1. The standard InChI is InChI=1S/C21H25NO6/c1-14-5-7-17(15(2)9-14)27-13-21(24)28-12-20(23)22-11-16-6-8-18(25-3)19(10-16)26-4/h5-10H,11-13H2,1-4H3,(H,22,23). The van der Waals surface area contributed by atoms with Crippen LogP contribution < -0.4 is 19.5 Å². The Bertz CT molecular complexity index is 834. The van der Waals surface area contributed by atoms with Crippen LogP contribution in [0.1, 0.15) is 16.7 Å². The molecule has 0 unspecified atom stereocenters. The molecule has 0 aliphatic carbocycles. The average Bonchev–Trinajstić information content (AvgIpc) is 2.69. The first-order chi connectivity index (χ1) is 13.4. The Morgan fingerprint density at radius 1 is 0.893 bits per heavy atom. The maximum Gasteiger partial charge on any atom is 0.344 e. The van der Waals surface area contributed by atoms with Crippen molar-refractivity contribution >= 4 is 11.9 Å². The van der Waals surface area contributed by atoms with E-state index in [4.69, 9.17) is 18.9 Å². The molecule has 0 bridgehead atoms. The van der Waals surface area contributed by atoms with Gasteiger partial charge in [0.15, 0.2) is 24.7 Å². The van der Waals surface area contributed by atoms with Crippen LogP contribution in [0.3, 0.4) is 0 Å². The summed E-state index contributed by atoms with van der Waals surface area (Å²) in [4.78, 5) is 23.6. The molecular weight excluding hydrogens is 362 g/mol. The fourth-order valence-electron chi connectivity index (χ4n) is 2.53. The van der Waals surface area contributed by atoms with Crippen molar-refractivity contribution in [3.8, 4) is 17.2 Å². The lowest BCUT2D eigenvalue weighted by atomic mass is 10.1. The molecule has 1 N–H and O–H groups in total. The molecule has 0 heterocycles. The van der Waals surface area contributed by atoms with Gasteiger partial charge in [-0.2, -0.15) is 0 Å². The number of rotatable bonds is 9. The van der Waals surface area contributed by atoms with Crippen LogP contribution in [-0.4, -0.2) is 39.3 Å². The zero-order valence-electron chi connectivity index (χ0n) is 16.5. The monoisotopic (exact) mass is 387 g/mol. The van der Waals surface area contributed by atoms with Crippen molar-refractivity contribution in [2.75, 3.05) is 27.4 Å². The van der Waals surface area contributed by atoms with Gasteiger partial charge in [0.25, 0.3) is 5.91 Å². The van der Waals surface area contributed by atoms with Gasteiger partial charge in [-0.1, -0.05) is 23.8 Å². The van der Waals surface area contributed by atoms with Crippen LogP contribution in [-0.2, 0) is 20.9 Å². The van der Waals surface area contributed by atoms with Crippen molar-refractivity contribution in [1.29, 1.82) is 0 Å². The molecule has 1 amide bonds. The Morgan fingerprint density at radius 3 is 2.29 bits per heavy atom. The molecule has 0 spiro atoms. The minimum atomic E-state index is -0.610. The Balaban J connectivity index is 1.73. The highest BCUT2D eigenvalue weighted by Gasteiger charge is 2.10. The minimum Gasteiger partial charge on any atom is -0.493 e. The summed E-state index contributed by atoms with van der Waals surface area (Å²) in [5.74, 6) is 0.774. The van der Waals surface area contributed by atoms with Gasteiger partial charge in [0.05, 0.1) is 14.2 Å². The van der Waals surface area contributed by atoms with Gasteiger partial charge in [-0.15, -0.1) is 0 Å². The molecule has 2 aromatic rings. The minimum absolute atomic E-state index is 0.257. The first kappa shape index (κ1) is 21.1. The highest BCUT2D eigenvalue weighted by Crippen LogP contribution is 2.27. The van der Waals surface area contributed by atoms with Crippen molar-refractivity contribution in [1.82, 2.24) is 5.32 Å². The summed E-state index contributed by atoms with van der Waals surface area (Å²) in [7, 11) is 3.09. The van der Waals surface area contributed by atoms with E-state index in [1.165, 1.54) is 0 Å². The molecule has 7 nitrogen and oxygen atoms in total. The van der Waals surface area contributed by atoms with E-state index in [0.29, 0.717) is 17.2 Å². The summed E-state index contributed by atoms with van der Waals surface area (Å²) in [6.07, 6.45) is 0. The van der Waals surface area contributed by atoms with Crippen LogP contribution in [0.5, 0.6) is 17.2 Å². The number of methoxy groups -OCH3 is 2. The van der Waals surface area contributed by atoms with Gasteiger partial charge in [0, 0.05) is 6.54 Å². The molecule has 2 rings (SSSR count). The number of carbonyl (C=O) groups is 2. The summed E-state index contributed by atoms with van der Waals surface area (Å²) in [5, 5.41) is 2.68. The quantitative estimate of drug-likeness (QED) is 0.666. The molecule has 0 aromatic heterocycles. The second kappa shape index (κ2) is 10.2. The summed E-state index contributed by atoms with van der Waals surface area (Å²) >= 11 is 0. The number of nitrogens with one attached hydrogen (secondary N) is 1. The Kier molecular flexibility index (Phi) is 7.68. The van der Waals surface area contributed by atoms with E-state index < -0.39 is 11.9 Å². The number of carbonyl (C=O) groups excluding carboxylic acids is 2. The molecule has 0 atom stereocenters. The van der Waals surface area contributed by atoms with Crippen LogP contribution in [0.2, 0.25) is 0 Å². The molecule has 2 aromatic carbocycles. The number of aryl methyl sites for hydroxylation is 2. The first-order valence-corrected chi connectivity index (χ1v) is 8.76. The third-order valence-corrected chi connectivity index (χ3v) is 3.98. The molecule has 0 aliphatic heterocycles. The van der Waals surface area contributed by atoms with Crippen molar-refractivity contribution in [2.45, 2.75) is 20.4 Å². The number of ether oxygens (including phenoxy) is 4. The molecule has 0 fully saturated rings. The molecule has 0 saturated carbocycles. The van der Waals surface area contributed by atoms with E-state index in [1.807, 2.05) is 32.0 Å². The summed E-state index contributed by atoms with van der Waals surface area (Å²) in [6.45, 7) is 3.52. The summed E-state index contributed by atoms with van der Waals surface area (Å²) in [5.41, 5.74) is 2.87. The van der Waals surface area contributed by atoms with E-state index in [2.05, 4.69) is 5.32 Å². The van der Waals surface area contributed by atoms with Gasteiger partial charge in [-0.3, -0.25) is 4.79 Å². The highest BCUT2D eigenvalue weighted by atomic mass is 16.6. The second-order valence-electron chi connectivity index (χ2n) is 6.18. The maximum atomic E-state index is 11.9. The molecule has 7 heteroatoms. The van der Waals surface area contributed by atoms with E-state index >= 15 is 0 Å². The fourth-order valence-corrected chi connectivity index (χ4v) is 2.53. The molecule has 28 heavy (non-hydrogen) atoms. The van der Waals surface area contributed by atoms with Gasteiger partial charge in [0.1, 0.15) is 5.75 Å². The topological polar surface area (TPSA) is 83.1 Å². The maximum absolute atomic E-state index is 11.9. The third kappa shape index (κ3) is 6.19. The smallest absolute Gasteiger partial charge is 0.344 e. The number of esters is 1. The predicted octanol–water partition coefficient (Wildman–Crippen LogP) is 2.56. The van der Waals surface area contributed by atoms with Crippen molar-refractivity contribution in [3.05, 3.63) is 53.1 Å². The van der Waals surface area contributed by atoms with Gasteiger partial charge >= 0.3 is 5.97 Å². The van der Waals surface area contributed by atoms with Crippen molar-refractivity contribution in [2.24, 2.45) is 0 Å². The van der Waals surface area contributed by atoms with Crippen LogP contribution in [0, 0.1) is 13.8 Å². The van der Waals surface area contributed by atoms with Crippen LogP contribution in [0.25, 0.3) is 0 Å². The van der Waals surface area contributed by atoms with Gasteiger partial charge in [-0.05, 0) is 43.2 Å². The van der Waals surface area contributed by atoms with E-state index in [-0.39, 0.29) is 19.8 Å². The van der Waals surface area contributed by atoms with E-state index in [1.54, 1.807) is 32.4 Å². The summed E-state index contributed by atoms with van der Waals surface area (Å²) < 4.78 is 20.8. The molecule has 0 aliphatic rings. The molecular formula is C21H25NO6.